The zero-order valence-electron chi connectivity index (χ0n) is 80.9. The smallest absolute Gasteiger partial charge is 0.315 e. The van der Waals surface area contributed by atoms with Crippen LogP contribution < -0.4 is 19.0 Å². The van der Waals surface area contributed by atoms with Crippen molar-refractivity contribution >= 4 is 174 Å². The Hall–Kier alpha value is -8.59. The maximum absolute atomic E-state index is 11.4. The minimum Gasteiger partial charge on any atom is -1.00 e. The van der Waals surface area contributed by atoms with E-state index in [0.717, 1.165) is 136 Å². The van der Waals surface area contributed by atoms with E-state index >= 15 is 0 Å². The molecule has 758 valence electrons. The lowest BCUT2D eigenvalue weighted by Crippen LogP contribution is -2.80. The third-order valence-corrected chi connectivity index (χ3v) is 35.2. The van der Waals surface area contributed by atoms with Gasteiger partial charge in [-0.3, -0.25) is 19.2 Å². The van der Waals surface area contributed by atoms with Gasteiger partial charge < -0.3 is 95.9 Å². The number of thioether (sulfide) groups is 5. The Kier molecular flexibility index (Phi) is 63.0. The van der Waals surface area contributed by atoms with Crippen molar-refractivity contribution < 1.29 is 73.0 Å². The fourth-order valence-corrected chi connectivity index (χ4v) is 26.8. The number of nitrogens with zero attached hydrogens (tertiary/aromatic N) is 9. The molecule has 34 heteroatoms. The molecule has 1 aromatic heterocycles. The number of likely N-dealkylation sites (tertiary alicyclic amines) is 2. The molecule has 16 rings (SSSR count). The lowest BCUT2D eigenvalue weighted by Gasteiger charge is -2.37. The number of carboxylic acid groups (broad SMARTS) is 2. The Labute approximate surface area is 870 Å². The average Bonchev–Trinajstić information content (AvgIpc) is 1.71. The zero-order valence-corrected chi connectivity index (χ0v) is 87.0. The molecule has 7 heterocycles. The molecule has 5 aromatic rings. The molecule has 9 N–H and O–H groups in total. The summed E-state index contributed by atoms with van der Waals surface area (Å²) in [5.41, 5.74) is 2.60. The molecule has 0 spiro atoms. The van der Waals surface area contributed by atoms with Gasteiger partial charge in [-0.2, -0.15) is 31.6 Å². The summed E-state index contributed by atoms with van der Waals surface area (Å²) in [4.78, 5) is 60.1. The zero-order chi connectivity index (χ0) is 98.0. The molecule has 0 unspecified atom stereocenters. The molecule has 8 fully saturated rings. The summed E-state index contributed by atoms with van der Waals surface area (Å²) in [6.45, 7) is 20.5. The van der Waals surface area contributed by atoms with Gasteiger partial charge >= 0.3 is 9.95 Å². The maximum Gasteiger partial charge on any atom is 0.315 e. The first-order chi connectivity index (χ1) is 64.4. The molecule has 0 radical (unpaired) electrons. The summed E-state index contributed by atoms with van der Waals surface area (Å²) < 4.78 is 7.80. The Morgan fingerprint density at radius 2 is 0.877 bits per heavy atom. The van der Waals surface area contributed by atoms with Crippen molar-refractivity contribution in [1.82, 2.24) is 14.4 Å². The van der Waals surface area contributed by atoms with Crippen molar-refractivity contribution in [3.8, 4) is 70.9 Å². The fraction of sp³-hybridized carbons (Fsp3) is 0.548. The number of carboxylic acids is 2. The van der Waals surface area contributed by atoms with E-state index in [1.165, 1.54) is 321 Å². The van der Waals surface area contributed by atoms with Crippen LogP contribution in [0, 0.1) is 137 Å². The third kappa shape index (κ3) is 43.9. The Morgan fingerprint density at radius 1 is 0.522 bits per heavy atom. The van der Waals surface area contributed by atoms with Crippen LogP contribution in [0.3, 0.4) is 0 Å². The molecular formula is C104H147BN10O13S10-4. The molecule has 11 aliphatic rings. The summed E-state index contributed by atoms with van der Waals surface area (Å²) in [6, 6.07) is 25.2. The van der Waals surface area contributed by atoms with Crippen LogP contribution in [-0.4, -0.2) is 144 Å². The SMILES string of the molecule is C.C.C1CC[NH2+]C1.CC(=O)[O-].CCCCCC1CCC(C2CCC(C(=O)O)CC2)CC1.CCCCCC1CCC(C2CCC(C(C)=O)CC2)CC1.Cc1ccc(C)c2c1SC(=C(C#N)C#N)S2.N#CC(C#N)=C1Sc2c(O)ccc(O)c2S1.N#CCC#N.O=C1C=CC(=O)C=C1.Oc1ccc(O)c(SC(=S)N2CCCC2)c1.Oc1ccc(O)c2sc(=[N+]3CCCC3)sc12.S=C([S-])N1CCCC1.[2H-].[2H-].[BH4-].[CH3-]. The number of phenols is 6. The number of benzene rings is 4. The number of hydrogen-bond donors (Lipinski definition) is 8. The largest absolute Gasteiger partial charge is 1.00 e. The second-order valence-corrected chi connectivity index (χ2v) is 44.2. The third-order valence-electron chi connectivity index (χ3n) is 25.0. The first-order valence-corrected chi connectivity index (χ1v) is 53.7. The molecule has 5 aliphatic carbocycles. The van der Waals surface area contributed by atoms with E-state index in [2.05, 4.69) is 45.7 Å². The van der Waals surface area contributed by atoms with Crippen LogP contribution in [0.1, 0.15) is 268 Å². The minimum atomic E-state index is -1.08. The normalized spacial score (nSPS) is 20.1. The van der Waals surface area contributed by atoms with Crippen LogP contribution in [0.15, 0.2) is 123 Å². The monoisotopic (exact) mass is 2080 g/mol. The summed E-state index contributed by atoms with van der Waals surface area (Å²) >= 11 is 24.7. The standard InChI is InChI=1S/C19H34O.C18H32O2.C12H8N2S2.C11H11NO2S2.C11H13NO2S2.C10H4N2O2S2.C6H4O2.C5H9NS2.C4H9N.C3H2N2.C2H4O2.2CH4.CH3.BH4.2H/c1-3-4-5-6-16-7-9-18(10-8-16)19-13-11-17(12-14-19)15(2)20;1-2-3-4-5-14-6-8-15(9-7-14)16-10-12-17(13-11-16)18(19)20;1-7-3-4-8(2)11-10(7)15-12(16-11)9(5-13)6-14;13-7-3-4-8(14)10-9(7)15-11(16-10)12-5-1-2-6-12;13-8-3-4-9(14)10(7-8)16-11(15)12-5-1-2-6-12;11-3-5(4-12)10-15-8-6(13)1-2-7(14)9(8)16-10;7-5-1-2-6(8)4-3-5;7-5(8)6-3-1-2-4-6;1-2-4-5-3-1;4-2-1-3-5;1-2(3)4;;;;;;/h16-19H,3-14H2,1-2H3;14-17H,2-13H2,1H3,(H,19,20);3-4H,1-2H3;3-4H,1-2,5-6H2,(H-,13,14);3-4,7,13-14H,1-2,5-6H2;1-2,13-14H;1-4H;1-4H2,(H,7,8);5H,1-4H2;1H2;1H3,(H,3,4);2*1H4;1H3;1H4;;/q;;;;;;;;;;;;;4*-1/i;;;;;;;;;;;;;;;2*1+1. The molecule has 6 aliphatic heterocycles. The molecular weight excluding hydrogens is 1930 g/mol. The molecule has 23 nitrogen and oxygen atoms in total. The highest BCUT2D eigenvalue weighted by Crippen LogP contribution is 2.59. The Morgan fingerprint density at radius 3 is 1.20 bits per heavy atom. The number of carbonyl (C=O) groups is 5. The Balaban J connectivity index is 0.00000155. The molecule has 4 aromatic carbocycles. The fourth-order valence-electron chi connectivity index (χ4n) is 17.4. The summed E-state index contributed by atoms with van der Waals surface area (Å²) in [5, 5.41) is 128. The van der Waals surface area contributed by atoms with Crippen molar-refractivity contribution in [1.29, 1.82) is 31.6 Å². The number of unbranched alkanes of at least 4 members (excludes halogenated alkanes) is 4. The van der Waals surface area contributed by atoms with Crippen LogP contribution >= 0.6 is 106 Å². The van der Waals surface area contributed by atoms with E-state index < -0.39 is 11.9 Å². The van der Waals surface area contributed by atoms with Gasteiger partial charge in [-0.25, -0.2) is 4.58 Å². The van der Waals surface area contributed by atoms with Gasteiger partial charge in [-0.1, -0.05) is 224 Å². The van der Waals surface area contributed by atoms with Crippen LogP contribution in [0.4, 0.5) is 0 Å². The molecule has 4 saturated heterocycles. The maximum atomic E-state index is 11.4. The first kappa shape index (κ1) is 125. The van der Waals surface area contributed by atoms with Crippen LogP contribution in [0.5, 0.6) is 34.5 Å². The number of thiocarbonyl (C=S) groups is 2. The number of aromatic hydroxyl groups is 6. The lowest BCUT2D eigenvalue weighted by molar-refractivity contribution is -0.635. The van der Waals surface area contributed by atoms with Gasteiger partial charge in [0.05, 0.1) is 63.7 Å². The van der Waals surface area contributed by atoms with Crippen molar-refractivity contribution in [2.24, 2.45) is 47.3 Å². The van der Waals surface area contributed by atoms with Gasteiger partial charge in [0.2, 0.25) is 0 Å². The predicted octanol–water partition coefficient (Wildman–Crippen LogP) is 22.0. The van der Waals surface area contributed by atoms with Gasteiger partial charge in [0.25, 0.3) is 0 Å². The van der Waals surface area contributed by atoms with Gasteiger partial charge in [-0.15, -0.1) is 0 Å². The van der Waals surface area contributed by atoms with Crippen molar-refractivity contribution in [3.63, 3.8) is 0 Å². The quantitative estimate of drug-likeness (QED) is 0.00518. The number of phenolic OH excluding ortho intramolecular Hbond substituents is 6. The number of rotatable bonds is 13. The highest BCUT2D eigenvalue weighted by Gasteiger charge is 2.35. The second-order valence-electron chi connectivity index (χ2n) is 34.7. The first-order valence-electron chi connectivity index (χ1n) is 46.7. The number of allylic oxidation sites excluding steroid dienone is 6. The van der Waals surface area contributed by atoms with Gasteiger partial charge in [0.1, 0.15) is 99.5 Å². The van der Waals surface area contributed by atoms with E-state index in [9.17, 15) is 49.8 Å². The van der Waals surface area contributed by atoms with Crippen molar-refractivity contribution in [2.45, 2.75) is 293 Å². The number of hydrogen-bond acceptors (Lipinski definition) is 28. The van der Waals surface area contributed by atoms with Crippen LogP contribution in [0.25, 0.3) is 9.40 Å². The molecule has 0 bridgehead atoms. The van der Waals surface area contributed by atoms with Gasteiger partial charge in [-0.05, 0) is 244 Å². The van der Waals surface area contributed by atoms with E-state index in [1.807, 2.05) is 26.0 Å². The average molecular weight is 2080 g/mol. The summed E-state index contributed by atoms with van der Waals surface area (Å²) in [7, 11) is 0. The summed E-state index contributed by atoms with van der Waals surface area (Å²) in [6.07, 6.45) is 47.4. The molecule has 0 atom stereocenters. The number of aliphatic carboxylic acids is 2. The predicted molar refractivity (Wildman–Crippen MR) is 580 cm³/mol. The molecule has 138 heavy (non-hydrogen) atoms. The number of aryl methyl sites for hydroxylation is 2. The summed E-state index contributed by atoms with van der Waals surface area (Å²) in [5.74, 6) is 5.51. The van der Waals surface area contributed by atoms with Crippen molar-refractivity contribution in [2.75, 3.05) is 52.4 Å². The minimum absolute atomic E-state index is 0. The lowest BCUT2D eigenvalue weighted by atomic mass is 9.68. The number of Topliss-reactive ketones (excluding diaryl/α,β-unsaturated/α-hetero) is 1. The molecule has 0 amide bonds. The van der Waals surface area contributed by atoms with Crippen LogP contribution in [0.2, 0.25) is 0 Å². The van der Waals surface area contributed by atoms with Crippen LogP contribution in [-0.2, 0) is 36.6 Å². The number of carbonyl (C=O) groups excluding carboxylic acids is 4. The number of ketones is 3. The number of nitrogens with two attached hydrogens (primary N) is 1. The van der Waals surface area contributed by atoms with Gasteiger partial charge in [0.15, 0.2) is 11.6 Å². The highest BCUT2D eigenvalue weighted by molar-refractivity contribution is 8.25. The van der Waals surface area contributed by atoms with E-state index in [-0.39, 0.29) is 103 Å². The molecule has 4 saturated carbocycles. The van der Waals surface area contributed by atoms with Gasteiger partial charge in [0, 0.05) is 73.5 Å². The topological polar surface area (TPSA) is 419 Å². The Bertz CT molecular complexity index is 4840. The number of fused-ring (bicyclic) bond motifs is 3. The number of quaternary nitrogens is 1. The number of nitriles is 6. The van der Waals surface area contributed by atoms with E-state index in [0.29, 0.717) is 34.9 Å². The highest BCUT2D eigenvalue weighted by atomic mass is 32.2. The second kappa shape index (κ2) is 69.3. The van der Waals surface area contributed by atoms with Crippen molar-refractivity contribution in [3.05, 3.63) is 121 Å². The van der Waals surface area contributed by atoms with E-state index in [1.54, 1.807) is 66.0 Å². The van der Waals surface area contributed by atoms with E-state index in [4.69, 9.17) is 83.6 Å².